The number of hydrogen-bond donors (Lipinski definition) is 2. The van der Waals surface area contributed by atoms with E-state index in [2.05, 4.69) is 10.0 Å². The van der Waals surface area contributed by atoms with Gasteiger partial charge < -0.3 is 10.2 Å². The van der Waals surface area contributed by atoms with Gasteiger partial charge in [-0.1, -0.05) is 12.1 Å². The van der Waals surface area contributed by atoms with Crippen LogP contribution in [-0.4, -0.2) is 43.5 Å². The third kappa shape index (κ3) is 4.11. The largest absolute Gasteiger partial charge is 0.341 e. The van der Waals surface area contributed by atoms with Gasteiger partial charge in [-0.15, -0.1) is 11.8 Å². The molecule has 1 fully saturated rings. The molecule has 0 unspecified atom stereocenters. The topological polar surface area (TPSA) is 95.6 Å². The van der Waals surface area contributed by atoms with Crippen LogP contribution in [0.1, 0.15) is 18.4 Å². The lowest BCUT2D eigenvalue weighted by atomic mass is 10.2. The fourth-order valence-electron chi connectivity index (χ4n) is 3.44. The first-order chi connectivity index (χ1) is 13.8. The van der Waals surface area contributed by atoms with Crippen molar-refractivity contribution in [2.24, 2.45) is 0 Å². The van der Waals surface area contributed by atoms with Crippen LogP contribution in [0.15, 0.2) is 52.3 Å². The Bertz CT molecular complexity index is 1080. The van der Waals surface area contributed by atoms with Crippen molar-refractivity contribution >= 4 is 45.0 Å². The van der Waals surface area contributed by atoms with E-state index in [-0.39, 0.29) is 10.8 Å². The fourth-order valence-corrected chi connectivity index (χ4v) is 5.57. The average molecular weight is 432 g/mol. The van der Waals surface area contributed by atoms with Crippen molar-refractivity contribution in [2.75, 3.05) is 23.1 Å². The lowest BCUT2D eigenvalue weighted by molar-refractivity contribution is -0.133. The summed E-state index contributed by atoms with van der Waals surface area (Å²) in [5.41, 5.74) is 1.81. The molecule has 0 spiro atoms. The molecule has 2 heterocycles. The van der Waals surface area contributed by atoms with Crippen LogP contribution in [-0.2, 0) is 19.6 Å². The van der Waals surface area contributed by atoms with Gasteiger partial charge in [-0.3, -0.25) is 14.3 Å². The maximum absolute atomic E-state index is 12.7. The van der Waals surface area contributed by atoms with Crippen LogP contribution < -0.4 is 10.0 Å². The molecule has 2 N–H and O–H groups in total. The number of amides is 2. The molecule has 0 aromatic heterocycles. The second-order valence-electron chi connectivity index (χ2n) is 7.15. The van der Waals surface area contributed by atoms with Crippen LogP contribution in [0.3, 0.4) is 0 Å². The van der Waals surface area contributed by atoms with Crippen molar-refractivity contribution in [3.8, 4) is 0 Å². The summed E-state index contributed by atoms with van der Waals surface area (Å²) in [6.45, 7) is 3.24. The second kappa shape index (κ2) is 7.72. The van der Waals surface area contributed by atoms with Gasteiger partial charge in [-0.05, 0) is 55.7 Å². The van der Waals surface area contributed by atoms with Gasteiger partial charge in [0.15, 0.2) is 5.25 Å². The van der Waals surface area contributed by atoms with Gasteiger partial charge in [0.1, 0.15) is 0 Å². The Hall–Kier alpha value is -2.52. The SMILES string of the molecule is Cc1cccc(NS(=O)(=O)c2ccc3c(c2)NC(=O)[C@@H](C(=O)N2CCCC2)S3)c1. The van der Waals surface area contributed by atoms with Gasteiger partial charge >= 0.3 is 0 Å². The van der Waals surface area contributed by atoms with Crippen molar-refractivity contribution in [2.45, 2.75) is 34.8 Å². The van der Waals surface area contributed by atoms with Crippen molar-refractivity contribution in [1.82, 2.24) is 4.90 Å². The molecule has 2 aromatic carbocycles. The number of hydrogen-bond acceptors (Lipinski definition) is 5. The molecule has 0 saturated carbocycles. The molecular weight excluding hydrogens is 410 g/mol. The molecule has 4 rings (SSSR count). The summed E-state index contributed by atoms with van der Waals surface area (Å²) in [7, 11) is -3.81. The number of aryl methyl sites for hydroxylation is 1. The molecule has 1 atom stereocenters. The molecule has 29 heavy (non-hydrogen) atoms. The Balaban J connectivity index is 1.56. The van der Waals surface area contributed by atoms with Gasteiger partial charge in [-0.25, -0.2) is 8.42 Å². The maximum Gasteiger partial charge on any atom is 0.261 e. The third-order valence-corrected chi connectivity index (χ3v) is 7.55. The smallest absolute Gasteiger partial charge is 0.261 e. The van der Waals surface area contributed by atoms with Crippen LogP contribution in [0.5, 0.6) is 0 Å². The van der Waals surface area contributed by atoms with Gasteiger partial charge in [0.2, 0.25) is 11.8 Å². The number of sulfonamides is 1. The predicted octanol–water partition coefficient (Wildman–Crippen LogP) is 2.83. The van der Waals surface area contributed by atoms with Crippen LogP contribution in [0.25, 0.3) is 0 Å². The molecule has 9 heteroatoms. The molecular formula is C20H21N3O4S2. The number of fused-ring (bicyclic) bond motifs is 1. The van der Waals surface area contributed by atoms with E-state index in [9.17, 15) is 18.0 Å². The number of rotatable bonds is 4. The summed E-state index contributed by atoms with van der Waals surface area (Å²) in [5.74, 6) is -0.603. The molecule has 2 aliphatic rings. The molecule has 2 aliphatic heterocycles. The average Bonchev–Trinajstić information content (AvgIpc) is 3.21. The highest BCUT2D eigenvalue weighted by Gasteiger charge is 2.37. The number of benzene rings is 2. The number of nitrogens with one attached hydrogen (secondary N) is 2. The van der Waals surface area contributed by atoms with Crippen LogP contribution in [0, 0.1) is 6.92 Å². The molecule has 152 valence electrons. The number of carbonyl (C=O) groups excluding carboxylic acids is 2. The molecule has 0 aliphatic carbocycles. The zero-order valence-electron chi connectivity index (χ0n) is 15.8. The highest BCUT2D eigenvalue weighted by atomic mass is 32.2. The number of likely N-dealkylation sites (tertiary alicyclic amines) is 1. The zero-order chi connectivity index (χ0) is 20.6. The highest BCUT2D eigenvalue weighted by molar-refractivity contribution is 8.01. The number of anilines is 2. The zero-order valence-corrected chi connectivity index (χ0v) is 17.5. The Morgan fingerprint density at radius 2 is 1.93 bits per heavy atom. The Morgan fingerprint density at radius 3 is 2.66 bits per heavy atom. The summed E-state index contributed by atoms with van der Waals surface area (Å²) < 4.78 is 28.0. The van der Waals surface area contributed by atoms with Crippen LogP contribution in [0.4, 0.5) is 11.4 Å². The minimum Gasteiger partial charge on any atom is -0.341 e. The van der Waals surface area contributed by atoms with Crippen LogP contribution in [0.2, 0.25) is 0 Å². The van der Waals surface area contributed by atoms with Crippen molar-refractivity contribution in [3.05, 3.63) is 48.0 Å². The summed E-state index contributed by atoms with van der Waals surface area (Å²) in [6, 6.07) is 11.6. The van der Waals surface area contributed by atoms with E-state index in [1.807, 2.05) is 13.0 Å². The van der Waals surface area contributed by atoms with E-state index in [0.717, 1.165) is 18.4 Å². The highest BCUT2D eigenvalue weighted by Crippen LogP contribution is 2.38. The molecule has 1 saturated heterocycles. The van der Waals surface area contributed by atoms with E-state index in [4.69, 9.17) is 0 Å². The van der Waals surface area contributed by atoms with Gasteiger partial charge in [-0.2, -0.15) is 0 Å². The van der Waals surface area contributed by atoms with Crippen molar-refractivity contribution in [3.63, 3.8) is 0 Å². The lowest BCUT2D eigenvalue weighted by Crippen LogP contribution is -2.43. The van der Waals surface area contributed by atoms with E-state index < -0.39 is 21.2 Å². The fraction of sp³-hybridized carbons (Fsp3) is 0.300. The minimum atomic E-state index is -3.81. The maximum atomic E-state index is 12.7. The molecule has 0 radical (unpaired) electrons. The Kier molecular flexibility index (Phi) is 5.26. The number of thioether (sulfide) groups is 1. The monoisotopic (exact) mass is 431 g/mol. The first-order valence-electron chi connectivity index (χ1n) is 9.33. The summed E-state index contributed by atoms with van der Waals surface area (Å²) in [6.07, 6.45) is 1.91. The van der Waals surface area contributed by atoms with Crippen molar-refractivity contribution < 1.29 is 18.0 Å². The lowest BCUT2D eigenvalue weighted by Gasteiger charge is -2.27. The predicted molar refractivity (Wildman–Crippen MR) is 113 cm³/mol. The normalized spacial score (nSPS) is 18.9. The van der Waals surface area contributed by atoms with E-state index in [1.54, 1.807) is 29.2 Å². The van der Waals surface area contributed by atoms with Gasteiger partial charge in [0, 0.05) is 23.7 Å². The third-order valence-electron chi connectivity index (χ3n) is 4.91. The summed E-state index contributed by atoms with van der Waals surface area (Å²) in [4.78, 5) is 27.6. The van der Waals surface area contributed by atoms with E-state index >= 15 is 0 Å². The first-order valence-corrected chi connectivity index (χ1v) is 11.7. The molecule has 2 aromatic rings. The Morgan fingerprint density at radius 1 is 1.17 bits per heavy atom. The molecule has 2 amide bonds. The van der Waals surface area contributed by atoms with E-state index in [1.165, 1.54) is 23.9 Å². The van der Waals surface area contributed by atoms with Gasteiger partial charge in [0.05, 0.1) is 10.6 Å². The quantitative estimate of drug-likeness (QED) is 0.726. The summed E-state index contributed by atoms with van der Waals surface area (Å²) >= 11 is 1.17. The van der Waals surface area contributed by atoms with Gasteiger partial charge in [0.25, 0.3) is 10.0 Å². The first kappa shape index (κ1) is 19.8. The molecule has 0 bridgehead atoms. The van der Waals surface area contributed by atoms with Crippen molar-refractivity contribution in [1.29, 1.82) is 0 Å². The Labute approximate surface area is 173 Å². The number of carbonyl (C=O) groups is 2. The van der Waals surface area contributed by atoms with Crippen LogP contribution >= 0.6 is 11.8 Å². The minimum absolute atomic E-state index is 0.0444. The van der Waals surface area contributed by atoms with E-state index in [0.29, 0.717) is 29.4 Å². The number of nitrogens with zero attached hydrogens (tertiary/aromatic N) is 1. The second-order valence-corrected chi connectivity index (χ2v) is 9.98. The summed E-state index contributed by atoms with van der Waals surface area (Å²) in [5, 5.41) is 1.86. The standard InChI is InChI=1S/C20H21N3O4S2/c1-13-5-4-6-14(11-13)22-29(26,27)15-7-8-17-16(12-15)21-19(24)18(28-17)20(25)23-9-2-3-10-23/h4-8,11-12,18,22H,2-3,9-10H2,1H3,(H,21,24)/t18-/m0/s1. The molecule has 7 nitrogen and oxygen atoms in total.